The number of carboxylic acids is 1. The van der Waals surface area contributed by atoms with Gasteiger partial charge in [0.25, 0.3) is 0 Å². The Balaban J connectivity index is 0.848. The summed E-state index contributed by atoms with van der Waals surface area (Å²) >= 11 is 7.76. The number of aliphatic carboxylic acids is 1. The van der Waals surface area contributed by atoms with Gasteiger partial charge in [-0.1, -0.05) is 54.6 Å². The van der Waals surface area contributed by atoms with Crippen LogP contribution in [0, 0.1) is 0 Å². The average molecular weight is 1000 g/mol. The number of halogens is 1. The Bertz CT molecular complexity index is 3000. The molecule has 0 spiro atoms. The molecule has 0 aliphatic carbocycles. The highest BCUT2D eigenvalue weighted by atomic mass is 35.5. The van der Waals surface area contributed by atoms with Crippen molar-refractivity contribution in [2.24, 2.45) is 7.05 Å². The van der Waals surface area contributed by atoms with Gasteiger partial charge in [-0.3, -0.25) is 13.9 Å². The van der Waals surface area contributed by atoms with Gasteiger partial charge in [0, 0.05) is 62.8 Å². The van der Waals surface area contributed by atoms with Crippen molar-refractivity contribution in [2.45, 2.75) is 88.7 Å². The number of esters is 1. The number of allylic oxidation sites excluding steroid dienone is 1. The predicted molar refractivity (Wildman–Crippen MR) is 266 cm³/mol. The lowest BCUT2D eigenvalue weighted by Crippen LogP contribution is -2.42. The number of imidazole rings is 1. The molecule has 5 aromatic rings. The zero-order chi connectivity index (χ0) is 49.4. The second-order valence-electron chi connectivity index (χ2n) is 18.7. The number of fused-ring (bicyclic) bond motifs is 1. The minimum Gasteiger partial charge on any atom is -0.479 e. The number of amides is 3. The van der Waals surface area contributed by atoms with Crippen molar-refractivity contribution in [1.82, 2.24) is 23.7 Å². The first-order chi connectivity index (χ1) is 32.8. The number of ether oxygens (including phenoxy) is 2. The normalized spacial score (nSPS) is 17.7. The van der Waals surface area contributed by atoms with E-state index in [9.17, 15) is 37.5 Å². The predicted octanol–water partition coefficient (Wildman–Crippen LogP) is 7.92. The van der Waals surface area contributed by atoms with Crippen LogP contribution in [0.4, 0.5) is 16.2 Å². The number of sulfonamides is 1. The lowest BCUT2D eigenvalue weighted by molar-refractivity contribution is -0.139. The molecular weight excluding hydrogens is 946 g/mol. The van der Waals surface area contributed by atoms with Crippen LogP contribution in [0.5, 0.6) is 5.75 Å². The Morgan fingerprint density at radius 2 is 1.64 bits per heavy atom. The van der Waals surface area contributed by atoms with Crippen LogP contribution in [0.1, 0.15) is 92.1 Å². The molecule has 1 unspecified atom stereocenters. The average Bonchev–Trinajstić information content (AvgIpc) is 3.76. The molecule has 3 aliphatic heterocycles. The Kier molecular flexibility index (Phi) is 14.3. The molecule has 3 saturated heterocycles. The number of carboxylic acid groups (broad SMARTS) is 1. The zero-order valence-electron chi connectivity index (χ0n) is 38.9. The fourth-order valence-electron chi connectivity index (χ4n) is 9.36. The van der Waals surface area contributed by atoms with Crippen molar-refractivity contribution in [3.05, 3.63) is 111 Å². The highest BCUT2D eigenvalue weighted by Crippen LogP contribution is 2.47. The third-order valence-electron chi connectivity index (χ3n) is 12.6. The fraction of sp³-hybridized carbons (Fsp3) is 0.408. The summed E-state index contributed by atoms with van der Waals surface area (Å²) in [7, 11) is -1.94. The number of hydrogen-bond acceptors (Lipinski definition) is 11. The standard InChI is InChI=1S/C49H56ClN7O10S2/c1-29-37(15-16-39(58)51-29)57-38-14-8-13-36(42(38)54(5)48(57)63)31-17-21-55(22-18-31)47(62)53-34-11-6-9-30(25-34)28-69(64,65)56-23-19-33(20-24-56)52-35-12-7-10-32(26-35)44-41(50)43(66-27-40(59)60)45(68-44)46(61)67-49(2,3)4/h6-14,25-26,31,33,37,52H,1,15-24,27-28H2,2-5H3,(H,51,58)(H,53,62)(H,59,60). The number of nitrogens with one attached hydrogen (secondary N) is 3. The molecule has 8 rings (SSSR count). The molecule has 3 amide bonds. The van der Waals surface area contributed by atoms with Gasteiger partial charge in [0.05, 0.1) is 27.7 Å². The summed E-state index contributed by atoms with van der Waals surface area (Å²) in [5.74, 6) is -2.19. The molecule has 69 heavy (non-hydrogen) atoms. The molecule has 0 radical (unpaired) electrons. The second-order valence-corrected chi connectivity index (χ2v) is 22.1. The number of benzene rings is 3. The van der Waals surface area contributed by atoms with Crippen LogP contribution in [-0.4, -0.2) is 100 Å². The van der Waals surface area contributed by atoms with Crippen LogP contribution >= 0.6 is 22.9 Å². The van der Waals surface area contributed by atoms with Crippen LogP contribution in [0.25, 0.3) is 21.5 Å². The monoisotopic (exact) mass is 1000 g/mol. The first-order valence-corrected chi connectivity index (χ1v) is 25.6. The lowest BCUT2D eigenvalue weighted by atomic mass is 9.88. The van der Waals surface area contributed by atoms with Gasteiger partial charge in [-0.25, -0.2) is 31.9 Å². The molecule has 20 heteroatoms. The van der Waals surface area contributed by atoms with E-state index >= 15 is 0 Å². The van der Waals surface area contributed by atoms with E-state index in [1.807, 2.05) is 42.5 Å². The molecule has 3 aliphatic rings. The van der Waals surface area contributed by atoms with E-state index in [2.05, 4.69) is 22.5 Å². The summed E-state index contributed by atoms with van der Waals surface area (Å²) in [6, 6.07) is 19.5. The summed E-state index contributed by atoms with van der Waals surface area (Å²) in [4.78, 5) is 65.8. The highest BCUT2D eigenvalue weighted by Gasteiger charge is 2.33. The summed E-state index contributed by atoms with van der Waals surface area (Å²) in [5.41, 5.74) is 4.66. The Labute approximate surface area is 409 Å². The molecule has 0 bridgehead atoms. The van der Waals surface area contributed by atoms with Crippen LogP contribution in [-0.2, 0) is 37.1 Å². The first-order valence-electron chi connectivity index (χ1n) is 22.8. The third-order valence-corrected chi connectivity index (χ3v) is 16.1. The molecule has 1 atom stereocenters. The number of para-hydroxylation sites is 1. The van der Waals surface area contributed by atoms with E-state index in [1.54, 1.807) is 66.1 Å². The zero-order valence-corrected chi connectivity index (χ0v) is 41.3. The van der Waals surface area contributed by atoms with Crippen molar-refractivity contribution in [1.29, 1.82) is 0 Å². The van der Waals surface area contributed by atoms with Crippen molar-refractivity contribution < 1.29 is 42.2 Å². The SMILES string of the molecule is C=C1NC(=O)CCC1n1c(=O)n(C)c2c(C3CCN(C(=O)Nc4cccc(CS(=O)(=O)N5CCC(Nc6cccc(-c7sc(C(=O)OC(C)(C)C)c(OCC(=O)O)c7Cl)c6)CC5)c4)CC3)cccc21. The largest absolute Gasteiger partial charge is 0.479 e. The topological polar surface area (TPSA) is 211 Å². The number of rotatable bonds is 13. The summed E-state index contributed by atoms with van der Waals surface area (Å²) < 4.78 is 43.4. The number of carbonyl (C=O) groups excluding carboxylic acids is 3. The van der Waals surface area contributed by atoms with Crippen LogP contribution < -0.4 is 26.4 Å². The maximum absolute atomic E-state index is 13.7. The van der Waals surface area contributed by atoms with Gasteiger partial charge in [0.15, 0.2) is 17.2 Å². The molecule has 366 valence electrons. The summed E-state index contributed by atoms with van der Waals surface area (Å²) in [6.07, 6.45) is 3.27. The van der Waals surface area contributed by atoms with Gasteiger partial charge < -0.3 is 35.4 Å². The number of hydrogen-bond donors (Lipinski definition) is 4. The second kappa shape index (κ2) is 20.1. The number of anilines is 2. The smallest absolute Gasteiger partial charge is 0.352 e. The number of nitrogens with zero attached hydrogens (tertiary/aromatic N) is 4. The molecule has 2 aromatic heterocycles. The van der Waals surface area contributed by atoms with E-state index < -0.39 is 34.2 Å². The van der Waals surface area contributed by atoms with E-state index in [4.69, 9.17) is 21.1 Å². The van der Waals surface area contributed by atoms with Gasteiger partial charge in [-0.05, 0) is 106 Å². The number of aromatic nitrogens is 2. The molecular formula is C49H56ClN7O10S2. The Morgan fingerprint density at radius 3 is 2.33 bits per heavy atom. The number of urea groups is 1. The first kappa shape index (κ1) is 49.3. The van der Waals surface area contributed by atoms with E-state index in [0.717, 1.165) is 33.6 Å². The fourth-order valence-corrected chi connectivity index (χ4v) is 12.3. The van der Waals surface area contributed by atoms with Crippen LogP contribution in [0.3, 0.4) is 0 Å². The molecule has 17 nitrogen and oxygen atoms in total. The Morgan fingerprint density at radius 1 is 0.942 bits per heavy atom. The lowest BCUT2D eigenvalue weighted by Gasteiger charge is -2.33. The molecule has 3 aromatic carbocycles. The third kappa shape index (κ3) is 11.0. The maximum Gasteiger partial charge on any atom is 0.352 e. The molecule has 3 fully saturated rings. The Hall–Kier alpha value is -6.15. The van der Waals surface area contributed by atoms with Crippen LogP contribution in [0.15, 0.2) is 83.8 Å². The van der Waals surface area contributed by atoms with Crippen LogP contribution in [0.2, 0.25) is 5.02 Å². The van der Waals surface area contributed by atoms with Crippen molar-refractivity contribution in [3.8, 4) is 16.2 Å². The van der Waals surface area contributed by atoms with E-state index in [-0.39, 0.29) is 57.0 Å². The molecule has 0 saturated carbocycles. The number of aryl methyl sites for hydroxylation is 1. The van der Waals surface area contributed by atoms with E-state index in [0.29, 0.717) is 92.1 Å². The summed E-state index contributed by atoms with van der Waals surface area (Å²) in [5, 5.41) is 18.6. The number of carbonyl (C=O) groups is 4. The van der Waals surface area contributed by atoms with Crippen molar-refractivity contribution >= 4 is 79.2 Å². The van der Waals surface area contributed by atoms with Gasteiger partial charge in [-0.2, -0.15) is 0 Å². The van der Waals surface area contributed by atoms with Gasteiger partial charge in [0.1, 0.15) is 10.6 Å². The maximum atomic E-state index is 13.7. The highest BCUT2D eigenvalue weighted by molar-refractivity contribution is 7.88. The summed E-state index contributed by atoms with van der Waals surface area (Å²) in [6.45, 7) is 10.1. The van der Waals surface area contributed by atoms with Gasteiger partial charge in [0.2, 0.25) is 15.9 Å². The van der Waals surface area contributed by atoms with Crippen molar-refractivity contribution in [3.63, 3.8) is 0 Å². The molecule has 4 N–H and O–H groups in total. The minimum absolute atomic E-state index is 0.0378. The molecule has 5 heterocycles. The minimum atomic E-state index is -3.70. The number of piperidine rings is 3. The van der Waals surface area contributed by atoms with E-state index in [1.165, 1.54) is 4.31 Å². The van der Waals surface area contributed by atoms with Gasteiger partial charge in [-0.15, -0.1) is 11.3 Å². The number of likely N-dealkylation sites (tertiary alicyclic amines) is 1. The number of thiophene rings is 1. The van der Waals surface area contributed by atoms with Gasteiger partial charge >= 0.3 is 23.7 Å². The quantitative estimate of drug-likeness (QED) is 0.0833. The van der Waals surface area contributed by atoms with Crippen molar-refractivity contribution in [2.75, 3.05) is 43.4 Å².